The van der Waals surface area contributed by atoms with Crippen LogP contribution in [0, 0.1) is 5.82 Å². The van der Waals surface area contributed by atoms with Crippen LogP contribution in [0.3, 0.4) is 0 Å². The quantitative estimate of drug-likeness (QED) is 0.694. The number of nitrogen functional groups attached to an aromatic ring is 1. The molecule has 1 fully saturated rings. The first-order valence-corrected chi connectivity index (χ1v) is 10.5. The number of halogens is 1. The molecule has 1 aromatic carbocycles. The van der Waals surface area contributed by atoms with Crippen LogP contribution in [0.25, 0.3) is 22.3 Å². The zero-order valence-corrected chi connectivity index (χ0v) is 17.8. The number of urea groups is 1. The second-order valence-corrected chi connectivity index (χ2v) is 7.41. The predicted molar refractivity (Wildman–Crippen MR) is 119 cm³/mol. The average Bonchev–Trinajstić information content (AvgIpc) is 2.79. The summed E-state index contributed by atoms with van der Waals surface area (Å²) in [6.45, 7) is 7.80. The first-order chi connectivity index (χ1) is 15.0. The zero-order chi connectivity index (χ0) is 22.0. The number of rotatable bonds is 4. The summed E-state index contributed by atoms with van der Waals surface area (Å²) in [4.78, 5) is 32.0. The molecule has 8 nitrogen and oxygen atoms in total. The van der Waals surface area contributed by atoms with Crippen molar-refractivity contribution in [3.8, 4) is 11.3 Å². The molecule has 0 unspecified atom stereocenters. The van der Waals surface area contributed by atoms with E-state index in [-0.39, 0.29) is 17.8 Å². The SMILES string of the molecule is CCN(CC)C(=O)N1CCN(c2nc(N)nc3ccc(-c4ccc(F)cc4)nc23)CC1. The van der Waals surface area contributed by atoms with Gasteiger partial charge >= 0.3 is 6.03 Å². The van der Waals surface area contributed by atoms with E-state index in [1.54, 1.807) is 12.1 Å². The van der Waals surface area contributed by atoms with Gasteiger partial charge in [-0.3, -0.25) is 0 Å². The number of hydrogen-bond donors (Lipinski definition) is 1. The van der Waals surface area contributed by atoms with Crippen LogP contribution in [0.1, 0.15) is 13.8 Å². The van der Waals surface area contributed by atoms with Gasteiger partial charge in [-0.2, -0.15) is 4.98 Å². The number of piperazine rings is 1. The highest BCUT2D eigenvalue weighted by atomic mass is 19.1. The maximum absolute atomic E-state index is 13.3. The number of anilines is 2. The molecule has 0 spiro atoms. The molecular formula is C22H26FN7O. The summed E-state index contributed by atoms with van der Waals surface area (Å²) >= 11 is 0. The Bertz CT molecular complexity index is 1080. The molecule has 31 heavy (non-hydrogen) atoms. The van der Waals surface area contributed by atoms with Crippen LogP contribution >= 0.6 is 0 Å². The summed E-state index contributed by atoms with van der Waals surface area (Å²) < 4.78 is 13.3. The summed E-state index contributed by atoms with van der Waals surface area (Å²) in [6, 6.07) is 9.96. The summed E-state index contributed by atoms with van der Waals surface area (Å²) in [5, 5.41) is 0. The van der Waals surface area contributed by atoms with Crippen LogP contribution in [0.4, 0.5) is 21.0 Å². The van der Waals surface area contributed by atoms with Gasteiger partial charge in [0.25, 0.3) is 0 Å². The fourth-order valence-electron chi connectivity index (χ4n) is 3.82. The zero-order valence-electron chi connectivity index (χ0n) is 17.8. The smallest absolute Gasteiger partial charge is 0.320 e. The van der Waals surface area contributed by atoms with Gasteiger partial charge in [0, 0.05) is 44.8 Å². The molecule has 2 N–H and O–H groups in total. The van der Waals surface area contributed by atoms with E-state index >= 15 is 0 Å². The molecule has 0 atom stereocenters. The number of fused-ring (bicyclic) bond motifs is 1. The molecule has 0 aliphatic carbocycles. The van der Waals surface area contributed by atoms with Crippen molar-refractivity contribution in [1.82, 2.24) is 24.8 Å². The maximum atomic E-state index is 13.3. The normalized spacial score (nSPS) is 14.2. The molecule has 1 saturated heterocycles. The molecule has 2 aromatic heterocycles. The molecule has 0 radical (unpaired) electrons. The lowest BCUT2D eigenvalue weighted by Gasteiger charge is -2.37. The van der Waals surface area contributed by atoms with E-state index in [2.05, 4.69) is 14.9 Å². The first kappa shape index (κ1) is 20.8. The fraction of sp³-hybridized carbons (Fsp3) is 0.364. The lowest BCUT2D eigenvalue weighted by Crippen LogP contribution is -2.53. The van der Waals surface area contributed by atoms with E-state index in [1.807, 2.05) is 35.8 Å². The monoisotopic (exact) mass is 423 g/mol. The van der Waals surface area contributed by atoms with Gasteiger partial charge in [0.2, 0.25) is 5.95 Å². The third-order valence-electron chi connectivity index (χ3n) is 5.56. The van der Waals surface area contributed by atoms with Crippen molar-refractivity contribution in [2.24, 2.45) is 0 Å². The number of nitrogens with two attached hydrogens (primary N) is 1. The second kappa shape index (κ2) is 8.71. The van der Waals surface area contributed by atoms with E-state index in [4.69, 9.17) is 10.7 Å². The summed E-state index contributed by atoms with van der Waals surface area (Å²) in [5.41, 5.74) is 8.76. The standard InChI is InChI=1S/C22H26FN7O/c1-3-28(4-2)22(31)30-13-11-29(12-14-30)20-19-18(26-21(24)27-20)10-9-17(25-19)15-5-7-16(23)8-6-15/h5-10H,3-4,11-14H2,1-2H3,(H2,24,26,27). The van der Waals surface area contributed by atoms with Gasteiger partial charge in [-0.15, -0.1) is 0 Å². The number of hydrogen-bond acceptors (Lipinski definition) is 6. The van der Waals surface area contributed by atoms with Crippen molar-refractivity contribution >= 4 is 28.8 Å². The minimum atomic E-state index is -0.293. The minimum Gasteiger partial charge on any atom is -0.368 e. The van der Waals surface area contributed by atoms with Crippen LogP contribution in [-0.4, -0.2) is 70.1 Å². The van der Waals surface area contributed by atoms with Gasteiger partial charge in [0.05, 0.1) is 11.2 Å². The Kier molecular flexibility index (Phi) is 5.83. The van der Waals surface area contributed by atoms with E-state index in [0.29, 0.717) is 61.8 Å². The highest BCUT2D eigenvalue weighted by Gasteiger charge is 2.26. The molecular weight excluding hydrogens is 397 g/mol. The van der Waals surface area contributed by atoms with E-state index < -0.39 is 0 Å². The molecule has 1 aliphatic rings. The van der Waals surface area contributed by atoms with E-state index in [1.165, 1.54) is 12.1 Å². The Labute approximate surface area is 180 Å². The lowest BCUT2D eigenvalue weighted by atomic mass is 10.1. The molecule has 4 rings (SSSR count). The summed E-state index contributed by atoms with van der Waals surface area (Å²) in [7, 11) is 0. The Morgan fingerprint density at radius 2 is 1.68 bits per heavy atom. The largest absolute Gasteiger partial charge is 0.368 e. The average molecular weight is 423 g/mol. The van der Waals surface area contributed by atoms with Crippen molar-refractivity contribution in [3.05, 3.63) is 42.2 Å². The summed E-state index contributed by atoms with van der Waals surface area (Å²) in [5.74, 6) is 0.542. The van der Waals surface area contributed by atoms with Crippen molar-refractivity contribution in [3.63, 3.8) is 0 Å². The number of pyridine rings is 1. The molecule has 0 saturated carbocycles. The van der Waals surface area contributed by atoms with Crippen LogP contribution in [0.2, 0.25) is 0 Å². The topological polar surface area (TPSA) is 91.5 Å². The predicted octanol–water partition coefficient (Wildman–Crippen LogP) is 3.00. The Balaban J connectivity index is 1.62. The molecule has 0 bridgehead atoms. The highest BCUT2D eigenvalue weighted by molar-refractivity contribution is 5.88. The van der Waals surface area contributed by atoms with Gasteiger partial charge in [-0.1, -0.05) is 0 Å². The fourth-order valence-corrected chi connectivity index (χ4v) is 3.82. The molecule has 2 amide bonds. The molecule has 3 heterocycles. The molecule has 162 valence electrons. The number of amides is 2. The van der Waals surface area contributed by atoms with E-state index in [9.17, 15) is 9.18 Å². The minimum absolute atomic E-state index is 0.0634. The van der Waals surface area contributed by atoms with Crippen LogP contribution in [0.5, 0.6) is 0 Å². The Hall–Kier alpha value is -3.49. The van der Waals surface area contributed by atoms with Gasteiger partial charge in [0.1, 0.15) is 11.3 Å². The highest BCUT2D eigenvalue weighted by Crippen LogP contribution is 2.27. The third kappa shape index (κ3) is 4.21. The Morgan fingerprint density at radius 1 is 1.00 bits per heavy atom. The Morgan fingerprint density at radius 3 is 2.32 bits per heavy atom. The molecule has 1 aliphatic heterocycles. The molecule has 3 aromatic rings. The lowest BCUT2D eigenvalue weighted by molar-refractivity contribution is 0.154. The van der Waals surface area contributed by atoms with Gasteiger partial charge < -0.3 is 20.4 Å². The van der Waals surface area contributed by atoms with Gasteiger partial charge in [-0.05, 0) is 50.2 Å². The van der Waals surface area contributed by atoms with Gasteiger partial charge in [-0.25, -0.2) is 19.2 Å². The number of nitrogens with zero attached hydrogens (tertiary/aromatic N) is 6. The summed E-state index contributed by atoms with van der Waals surface area (Å²) in [6.07, 6.45) is 0. The number of benzene rings is 1. The number of carbonyl (C=O) groups excluding carboxylic acids is 1. The maximum Gasteiger partial charge on any atom is 0.320 e. The second-order valence-electron chi connectivity index (χ2n) is 7.41. The van der Waals surface area contributed by atoms with Crippen molar-refractivity contribution in [1.29, 1.82) is 0 Å². The van der Waals surface area contributed by atoms with Crippen LogP contribution in [0.15, 0.2) is 36.4 Å². The third-order valence-corrected chi connectivity index (χ3v) is 5.56. The molecule has 9 heteroatoms. The first-order valence-electron chi connectivity index (χ1n) is 10.5. The number of aromatic nitrogens is 3. The van der Waals surface area contributed by atoms with Crippen molar-refractivity contribution in [2.45, 2.75) is 13.8 Å². The van der Waals surface area contributed by atoms with Crippen molar-refractivity contribution < 1.29 is 9.18 Å². The number of carbonyl (C=O) groups is 1. The van der Waals surface area contributed by atoms with Crippen LogP contribution in [-0.2, 0) is 0 Å². The van der Waals surface area contributed by atoms with Crippen LogP contribution < -0.4 is 10.6 Å². The van der Waals surface area contributed by atoms with E-state index in [0.717, 1.165) is 5.56 Å². The van der Waals surface area contributed by atoms with Gasteiger partial charge in [0.15, 0.2) is 5.82 Å². The van der Waals surface area contributed by atoms with Crippen molar-refractivity contribution in [2.75, 3.05) is 49.9 Å².